The van der Waals surface area contributed by atoms with Crippen molar-refractivity contribution in [3.63, 3.8) is 0 Å². The molecule has 1 N–H and O–H groups in total. The average Bonchev–Trinajstić information content (AvgIpc) is 2.83. The number of hydrogen-bond donors (Lipinski definition) is 1. The molecule has 0 saturated heterocycles. The number of nitrogens with one attached hydrogen (secondary N) is 1. The minimum absolute atomic E-state index is 1.26. The Morgan fingerprint density at radius 2 is 1.87 bits per heavy atom. The fourth-order valence-corrected chi connectivity index (χ4v) is 6.26. The zero-order valence-electron chi connectivity index (χ0n) is 8.83. The monoisotopic (exact) mass is 214 g/mol. The van der Waals surface area contributed by atoms with Crippen molar-refractivity contribution in [2.75, 3.05) is 0 Å². The second-order valence-electron chi connectivity index (χ2n) is 4.65. The van der Waals surface area contributed by atoms with Crippen molar-refractivity contribution in [3.8, 4) is 0 Å². The van der Waals surface area contributed by atoms with Crippen LogP contribution in [0.4, 0.5) is 0 Å². The highest BCUT2D eigenvalue weighted by Crippen LogP contribution is 2.27. The average molecular weight is 214 g/mol. The van der Waals surface area contributed by atoms with Crippen LogP contribution in [0.1, 0.15) is 11.1 Å². The molecule has 0 radical (unpaired) electrons. The molecule has 0 unspecified atom stereocenters. The van der Waals surface area contributed by atoms with Crippen LogP contribution in [0, 0.1) is 0 Å². The van der Waals surface area contributed by atoms with E-state index in [4.69, 9.17) is 0 Å². The van der Waals surface area contributed by atoms with Gasteiger partial charge in [-0.3, -0.25) is 0 Å². The number of nitrogens with zero attached hydrogens (tertiary/aromatic N) is 1. The Balaban J connectivity index is 2.01. The maximum Gasteiger partial charge on any atom is 0.115 e. The van der Waals surface area contributed by atoms with Crippen molar-refractivity contribution in [3.05, 3.63) is 47.9 Å². The number of fused-ring (bicyclic) bond motifs is 1. The first-order valence-electron chi connectivity index (χ1n) is 5.34. The van der Waals surface area contributed by atoms with Gasteiger partial charge in [0, 0.05) is 11.5 Å². The van der Waals surface area contributed by atoms with Gasteiger partial charge in [0.15, 0.2) is 0 Å². The Labute approximate surface area is 90.4 Å². The minimum atomic E-state index is -1.33. The van der Waals surface area contributed by atoms with Crippen LogP contribution in [-0.4, -0.2) is 18.0 Å². The van der Waals surface area contributed by atoms with E-state index in [1.165, 1.54) is 17.4 Å². The fraction of sp³-hybridized carbons (Fsp3) is 0.250. The molecule has 3 rings (SSSR count). The largest absolute Gasteiger partial charge is 0.352 e. The molecular formula is C12H14N2Si. The Bertz CT molecular complexity index is 451. The van der Waals surface area contributed by atoms with E-state index in [1.807, 2.05) is 6.20 Å². The highest BCUT2D eigenvalue weighted by atomic mass is 28.3. The highest BCUT2D eigenvalue weighted by Gasteiger charge is 2.37. The van der Waals surface area contributed by atoms with Gasteiger partial charge in [-0.25, -0.2) is 4.98 Å². The number of H-pyrrole nitrogens is 1. The second kappa shape index (κ2) is 3.07. The molecule has 15 heavy (non-hydrogen) atoms. The molecule has 0 amide bonds. The van der Waals surface area contributed by atoms with Gasteiger partial charge >= 0.3 is 0 Å². The van der Waals surface area contributed by atoms with Crippen LogP contribution in [0.5, 0.6) is 0 Å². The molecule has 0 aliphatic carbocycles. The minimum Gasteiger partial charge on any atom is -0.352 e. The highest BCUT2D eigenvalue weighted by molar-refractivity contribution is 6.90. The van der Waals surface area contributed by atoms with Crippen LogP contribution in [-0.2, 0) is 12.1 Å². The van der Waals surface area contributed by atoms with Gasteiger partial charge in [0.05, 0.1) is 6.33 Å². The Kier molecular flexibility index (Phi) is 1.82. The third kappa shape index (κ3) is 1.35. The van der Waals surface area contributed by atoms with Gasteiger partial charge in [-0.1, -0.05) is 30.8 Å². The first kappa shape index (κ1) is 8.92. The lowest BCUT2D eigenvalue weighted by atomic mass is 10.1. The predicted octanol–water partition coefficient (Wildman–Crippen LogP) is 1.57. The first-order valence-corrected chi connectivity index (χ1v) is 8.25. The van der Waals surface area contributed by atoms with Gasteiger partial charge in [-0.2, -0.15) is 0 Å². The van der Waals surface area contributed by atoms with Crippen LogP contribution in [0.2, 0.25) is 6.55 Å². The molecule has 1 aromatic carbocycles. The molecule has 1 aromatic heterocycles. The number of benzene rings is 1. The molecule has 1 aliphatic rings. The van der Waals surface area contributed by atoms with Crippen molar-refractivity contribution in [1.82, 2.24) is 9.97 Å². The second-order valence-corrected chi connectivity index (χ2v) is 9.02. The molecule has 0 atom stereocenters. The van der Waals surface area contributed by atoms with E-state index in [2.05, 4.69) is 40.8 Å². The van der Waals surface area contributed by atoms with Gasteiger partial charge in [0.1, 0.15) is 8.07 Å². The predicted molar refractivity (Wildman–Crippen MR) is 63.7 cm³/mol. The Hall–Kier alpha value is -1.35. The number of aromatic amines is 1. The van der Waals surface area contributed by atoms with E-state index in [-0.39, 0.29) is 0 Å². The lowest BCUT2D eigenvalue weighted by Gasteiger charge is -2.18. The van der Waals surface area contributed by atoms with Crippen molar-refractivity contribution in [2.24, 2.45) is 0 Å². The summed E-state index contributed by atoms with van der Waals surface area (Å²) in [4.78, 5) is 7.46. The number of hydrogen-bond acceptors (Lipinski definition) is 1. The van der Waals surface area contributed by atoms with Crippen molar-refractivity contribution >= 4 is 13.4 Å². The summed E-state index contributed by atoms with van der Waals surface area (Å²) in [5.74, 6) is 0. The van der Waals surface area contributed by atoms with Gasteiger partial charge in [0.2, 0.25) is 0 Å². The van der Waals surface area contributed by atoms with Crippen LogP contribution in [0.3, 0.4) is 0 Å². The quantitative estimate of drug-likeness (QED) is 0.717. The molecule has 0 fully saturated rings. The van der Waals surface area contributed by atoms with E-state index in [1.54, 1.807) is 17.5 Å². The molecule has 0 spiro atoms. The summed E-state index contributed by atoms with van der Waals surface area (Å²) in [7, 11) is -1.33. The van der Waals surface area contributed by atoms with Crippen molar-refractivity contribution in [2.45, 2.75) is 18.6 Å². The molecule has 2 aromatic rings. The van der Waals surface area contributed by atoms with Crippen molar-refractivity contribution < 1.29 is 0 Å². The summed E-state index contributed by atoms with van der Waals surface area (Å²) >= 11 is 0. The zero-order chi connectivity index (χ0) is 10.3. The van der Waals surface area contributed by atoms with E-state index >= 15 is 0 Å². The van der Waals surface area contributed by atoms with E-state index < -0.39 is 8.07 Å². The smallest absolute Gasteiger partial charge is 0.115 e. The molecule has 3 heteroatoms. The fourth-order valence-electron chi connectivity index (χ4n) is 2.58. The summed E-state index contributed by atoms with van der Waals surface area (Å²) in [6.07, 6.45) is 3.81. The molecule has 76 valence electrons. The summed E-state index contributed by atoms with van der Waals surface area (Å²) < 4.78 is 0. The van der Waals surface area contributed by atoms with E-state index in [0.717, 1.165) is 0 Å². The lowest BCUT2D eigenvalue weighted by molar-refractivity contribution is 1.31. The Morgan fingerprint density at radius 1 is 1.20 bits per heavy atom. The number of imidazole rings is 1. The SMILES string of the molecule is C[Si]1(c2cnc[nH]2)Cc2ccccc2C1. The van der Waals surface area contributed by atoms with Crippen LogP contribution >= 0.6 is 0 Å². The number of rotatable bonds is 1. The normalized spacial score (nSPS) is 17.7. The van der Waals surface area contributed by atoms with Crippen LogP contribution < -0.4 is 5.32 Å². The maximum absolute atomic E-state index is 4.15. The summed E-state index contributed by atoms with van der Waals surface area (Å²) in [6, 6.07) is 11.3. The van der Waals surface area contributed by atoms with Gasteiger partial charge in [-0.15, -0.1) is 0 Å². The molecule has 0 bridgehead atoms. The van der Waals surface area contributed by atoms with Crippen LogP contribution in [0.15, 0.2) is 36.8 Å². The molecule has 1 aliphatic heterocycles. The van der Waals surface area contributed by atoms with Crippen molar-refractivity contribution in [1.29, 1.82) is 0 Å². The molecular weight excluding hydrogens is 200 g/mol. The molecule has 2 nitrogen and oxygen atoms in total. The maximum atomic E-state index is 4.15. The summed E-state index contributed by atoms with van der Waals surface area (Å²) in [5.41, 5.74) is 3.09. The topological polar surface area (TPSA) is 28.7 Å². The third-order valence-corrected chi connectivity index (χ3v) is 7.32. The van der Waals surface area contributed by atoms with Gasteiger partial charge in [0.25, 0.3) is 0 Å². The summed E-state index contributed by atoms with van der Waals surface area (Å²) in [5, 5.41) is 1.39. The molecule has 2 heterocycles. The third-order valence-electron chi connectivity index (χ3n) is 3.43. The number of aromatic nitrogens is 2. The van der Waals surface area contributed by atoms with Gasteiger partial charge < -0.3 is 4.98 Å². The zero-order valence-corrected chi connectivity index (χ0v) is 9.83. The first-order chi connectivity index (χ1) is 7.28. The summed E-state index contributed by atoms with van der Waals surface area (Å²) in [6.45, 7) is 2.44. The molecule has 0 saturated carbocycles. The standard InChI is InChI=1S/C12H14N2Si/c1-15(12-6-13-9-14-12)7-10-4-2-3-5-11(10)8-15/h2-6,9H,7-8H2,1H3,(H,13,14). The van der Waals surface area contributed by atoms with Crippen LogP contribution in [0.25, 0.3) is 0 Å². The van der Waals surface area contributed by atoms with Gasteiger partial charge in [-0.05, 0) is 23.2 Å². The lowest BCUT2D eigenvalue weighted by Crippen LogP contribution is -2.47. The Morgan fingerprint density at radius 3 is 2.40 bits per heavy atom. The van der Waals surface area contributed by atoms with E-state index in [0.29, 0.717) is 0 Å². The van der Waals surface area contributed by atoms with E-state index in [9.17, 15) is 0 Å².